The van der Waals surface area contributed by atoms with Crippen molar-refractivity contribution in [2.45, 2.75) is 32.6 Å². The topological polar surface area (TPSA) is 73.8 Å². The fraction of sp³-hybridized carbons (Fsp3) is 0.462. The van der Waals surface area contributed by atoms with Gasteiger partial charge in [-0.3, -0.25) is 9.69 Å². The van der Waals surface area contributed by atoms with E-state index in [1.807, 2.05) is 64.9 Å². The molecule has 1 aromatic heterocycles. The van der Waals surface area contributed by atoms with Crippen LogP contribution in [0.1, 0.15) is 38.1 Å². The highest BCUT2D eigenvalue weighted by atomic mass is 79.9. The molecule has 0 radical (unpaired) electrons. The number of likely N-dealkylation sites (N-methyl/N-ethyl adjacent to an activating group) is 1. The Morgan fingerprint density at radius 1 is 0.972 bits per heavy atom. The number of hydrogen-bond donors (Lipinski definition) is 0. The molecule has 0 saturated carbocycles. The van der Waals surface area contributed by atoms with Gasteiger partial charge in [-0.15, -0.1) is 0 Å². The van der Waals surface area contributed by atoms with E-state index in [9.17, 15) is 13.2 Å². The minimum atomic E-state index is -3.66. The quantitative estimate of drug-likeness (QED) is 0.290. The first kappa shape index (κ1) is 28.7. The van der Waals surface area contributed by atoms with Gasteiger partial charge in [0.1, 0.15) is 0 Å². The summed E-state index contributed by atoms with van der Waals surface area (Å²) in [5.41, 5.74) is 1.25. The molecule has 0 spiro atoms. The Morgan fingerprint density at radius 3 is 2.14 bits per heavy atom. The molecule has 1 heterocycles. The smallest absolute Gasteiger partial charge is 0.260 e. The normalized spacial score (nSPS) is 12.4. The van der Waals surface area contributed by atoms with Crippen molar-refractivity contribution in [2.75, 3.05) is 45.2 Å². The summed E-state index contributed by atoms with van der Waals surface area (Å²) in [4.78, 5) is 22.2. The van der Waals surface area contributed by atoms with E-state index in [-0.39, 0.29) is 22.6 Å². The maximum absolute atomic E-state index is 13.6. The van der Waals surface area contributed by atoms with Crippen molar-refractivity contribution in [1.82, 2.24) is 14.2 Å². The highest BCUT2D eigenvalue weighted by Gasteiger charge is 2.27. The van der Waals surface area contributed by atoms with Gasteiger partial charge in [-0.05, 0) is 68.4 Å². The largest absolute Gasteiger partial charge is 0.308 e. The van der Waals surface area contributed by atoms with Gasteiger partial charge in [-0.1, -0.05) is 55.0 Å². The Balaban J connectivity index is 1.91. The summed E-state index contributed by atoms with van der Waals surface area (Å²) in [6, 6.07) is 12.1. The molecule has 0 N–H and O–H groups in total. The lowest BCUT2D eigenvalue weighted by Gasteiger charge is -2.26. The van der Waals surface area contributed by atoms with Crippen molar-refractivity contribution in [3.63, 3.8) is 0 Å². The fourth-order valence-corrected chi connectivity index (χ4v) is 7.05. The van der Waals surface area contributed by atoms with E-state index in [1.54, 1.807) is 21.3 Å². The molecule has 0 aliphatic heterocycles. The number of rotatable bonds is 11. The van der Waals surface area contributed by atoms with Gasteiger partial charge in [0.05, 0.1) is 15.1 Å². The van der Waals surface area contributed by atoms with Crippen LogP contribution < -0.4 is 4.90 Å². The number of sulfonamides is 1. The monoisotopic (exact) mass is 594 g/mol. The minimum Gasteiger partial charge on any atom is -0.308 e. The fourth-order valence-electron chi connectivity index (χ4n) is 3.75. The summed E-state index contributed by atoms with van der Waals surface area (Å²) < 4.78 is 30.2. The second-order valence-corrected chi connectivity index (χ2v) is 13.9. The number of carbonyl (C=O) groups excluding carboxylic acids is 1. The number of fused-ring (bicyclic) bond motifs is 1. The van der Waals surface area contributed by atoms with Crippen molar-refractivity contribution < 1.29 is 13.2 Å². The number of hydrogen-bond acceptors (Lipinski definition) is 6. The van der Waals surface area contributed by atoms with Crippen LogP contribution in [0.25, 0.3) is 10.2 Å². The second kappa shape index (κ2) is 12.1. The number of aromatic nitrogens is 1. The van der Waals surface area contributed by atoms with Crippen LogP contribution in [-0.2, 0) is 10.0 Å². The molecule has 36 heavy (non-hydrogen) atoms. The Morgan fingerprint density at radius 2 is 1.58 bits per heavy atom. The first-order valence-corrected chi connectivity index (χ1v) is 15.1. The summed E-state index contributed by atoms with van der Waals surface area (Å²) in [6.45, 7) is 10.1. The van der Waals surface area contributed by atoms with Crippen LogP contribution in [0.4, 0.5) is 5.13 Å². The lowest BCUT2D eigenvalue weighted by molar-refractivity contribution is 0.0985. The van der Waals surface area contributed by atoms with Crippen LogP contribution in [0.5, 0.6) is 0 Å². The number of amides is 1. The predicted molar refractivity (Wildman–Crippen MR) is 152 cm³/mol. The highest BCUT2D eigenvalue weighted by molar-refractivity contribution is 9.10. The lowest BCUT2D eigenvalue weighted by Crippen LogP contribution is -2.37. The van der Waals surface area contributed by atoms with Crippen LogP contribution in [0.15, 0.2) is 51.8 Å². The Labute approximate surface area is 227 Å². The Kier molecular flexibility index (Phi) is 9.68. The van der Waals surface area contributed by atoms with Crippen LogP contribution in [0.2, 0.25) is 0 Å². The molecule has 3 aromatic rings. The summed E-state index contributed by atoms with van der Waals surface area (Å²) in [5, 5.41) is 0.617. The zero-order chi connectivity index (χ0) is 26.6. The average molecular weight is 596 g/mol. The van der Waals surface area contributed by atoms with E-state index < -0.39 is 10.0 Å². The molecule has 196 valence electrons. The first-order valence-electron chi connectivity index (χ1n) is 12.0. The second-order valence-electron chi connectivity index (χ2n) is 10.0. The SMILES string of the molecule is CC(C)CN(CC(C)C)S(=O)(=O)c1ccc(C(=O)N(CCN(C)C)c2nc3ccc(Br)cc3s2)cc1. The molecule has 0 unspecified atom stereocenters. The molecule has 10 heteroatoms. The third-order valence-corrected chi connectivity index (χ3v) is 8.84. The van der Waals surface area contributed by atoms with Crippen molar-refractivity contribution in [1.29, 1.82) is 0 Å². The van der Waals surface area contributed by atoms with Gasteiger partial charge in [0.25, 0.3) is 5.91 Å². The average Bonchev–Trinajstić information content (AvgIpc) is 3.20. The molecule has 0 atom stereocenters. The molecule has 1 amide bonds. The van der Waals surface area contributed by atoms with Crippen molar-refractivity contribution in [2.24, 2.45) is 11.8 Å². The van der Waals surface area contributed by atoms with E-state index in [0.717, 1.165) is 14.7 Å². The van der Waals surface area contributed by atoms with Crippen molar-refractivity contribution >= 4 is 58.5 Å². The van der Waals surface area contributed by atoms with Crippen LogP contribution in [0.3, 0.4) is 0 Å². The zero-order valence-corrected chi connectivity index (χ0v) is 25.0. The van der Waals surface area contributed by atoms with E-state index in [1.165, 1.54) is 23.5 Å². The van der Waals surface area contributed by atoms with Gasteiger partial charge < -0.3 is 4.90 Å². The van der Waals surface area contributed by atoms with Crippen molar-refractivity contribution in [3.05, 3.63) is 52.5 Å². The van der Waals surface area contributed by atoms with Gasteiger partial charge in [-0.25, -0.2) is 13.4 Å². The number of carbonyl (C=O) groups is 1. The standard InChI is InChI=1S/C26H35BrN4O3S2/c1-18(2)16-30(17-19(3)4)36(33,34)22-10-7-20(8-11-22)25(32)31(14-13-29(5)6)26-28-23-12-9-21(27)15-24(23)35-26/h7-12,15,18-19H,13-14,16-17H2,1-6H3. The Bertz CT molecular complexity index is 1280. The van der Waals surface area contributed by atoms with E-state index in [2.05, 4.69) is 15.9 Å². The molecule has 0 bridgehead atoms. The molecule has 0 aliphatic carbocycles. The molecular weight excluding hydrogens is 560 g/mol. The van der Waals surface area contributed by atoms with Crippen LogP contribution >= 0.6 is 27.3 Å². The summed E-state index contributed by atoms with van der Waals surface area (Å²) in [7, 11) is 0.250. The van der Waals surface area contributed by atoms with E-state index in [4.69, 9.17) is 4.98 Å². The molecule has 0 aliphatic rings. The maximum atomic E-state index is 13.6. The number of thiazole rings is 1. The van der Waals surface area contributed by atoms with Crippen LogP contribution in [-0.4, -0.2) is 68.8 Å². The highest BCUT2D eigenvalue weighted by Crippen LogP contribution is 2.32. The number of nitrogens with zero attached hydrogens (tertiary/aromatic N) is 4. The van der Waals surface area contributed by atoms with Gasteiger partial charge in [-0.2, -0.15) is 4.31 Å². The summed E-state index contributed by atoms with van der Waals surface area (Å²) in [5.74, 6) is 0.207. The molecular formula is C26H35BrN4O3S2. The third kappa shape index (κ3) is 7.13. The summed E-state index contributed by atoms with van der Waals surface area (Å²) in [6.07, 6.45) is 0. The predicted octanol–water partition coefficient (Wildman–Crippen LogP) is 5.57. The number of benzene rings is 2. The van der Waals surface area contributed by atoms with Gasteiger partial charge in [0, 0.05) is 36.2 Å². The van der Waals surface area contributed by atoms with E-state index in [0.29, 0.717) is 36.9 Å². The van der Waals surface area contributed by atoms with Gasteiger partial charge in [0.2, 0.25) is 10.0 Å². The Hall–Kier alpha value is -1.85. The zero-order valence-electron chi connectivity index (χ0n) is 21.7. The van der Waals surface area contributed by atoms with Crippen LogP contribution in [0, 0.1) is 11.8 Å². The molecule has 0 fully saturated rings. The number of halogens is 1. The third-order valence-electron chi connectivity index (χ3n) is 5.46. The lowest BCUT2D eigenvalue weighted by atomic mass is 10.2. The molecule has 7 nitrogen and oxygen atoms in total. The summed E-state index contributed by atoms with van der Waals surface area (Å²) >= 11 is 4.95. The van der Waals surface area contributed by atoms with Crippen molar-refractivity contribution in [3.8, 4) is 0 Å². The first-order chi connectivity index (χ1) is 16.9. The maximum Gasteiger partial charge on any atom is 0.260 e. The number of anilines is 1. The molecule has 0 saturated heterocycles. The minimum absolute atomic E-state index is 0.199. The molecule has 2 aromatic carbocycles. The van der Waals surface area contributed by atoms with Gasteiger partial charge in [0.15, 0.2) is 5.13 Å². The molecule has 3 rings (SSSR count). The van der Waals surface area contributed by atoms with E-state index >= 15 is 0 Å². The van der Waals surface area contributed by atoms with Gasteiger partial charge >= 0.3 is 0 Å².